The molecule has 0 fully saturated rings. The van der Waals surface area contributed by atoms with Crippen molar-refractivity contribution in [2.45, 2.75) is 13.3 Å². The molecule has 0 unspecified atom stereocenters. The van der Waals surface area contributed by atoms with Crippen LogP contribution in [0.25, 0.3) is 0 Å². The van der Waals surface area contributed by atoms with Crippen molar-refractivity contribution in [1.29, 1.82) is 5.26 Å². The van der Waals surface area contributed by atoms with E-state index in [1.807, 2.05) is 6.07 Å². The van der Waals surface area contributed by atoms with Crippen LogP contribution in [0.3, 0.4) is 0 Å². The summed E-state index contributed by atoms with van der Waals surface area (Å²) in [7, 11) is 0. The van der Waals surface area contributed by atoms with Crippen LogP contribution in [0.5, 0.6) is 0 Å². The predicted molar refractivity (Wildman–Crippen MR) is 49.4 cm³/mol. The molecule has 1 aromatic heterocycles. The van der Waals surface area contributed by atoms with Gasteiger partial charge < -0.3 is 5.32 Å². The number of rotatable bonds is 3. The molecule has 0 atom stereocenters. The van der Waals surface area contributed by atoms with Crippen molar-refractivity contribution in [1.82, 2.24) is 9.69 Å². The summed E-state index contributed by atoms with van der Waals surface area (Å²) in [5.41, 5.74) is 1.34. The summed E-state index contributed by atoms with van der Waals surface area (Å²) in [5, 5.41) is 12.6. The number of amides is 1. The minimum atomic E-state index is -0.151. The van der Waals surface area contributed by atoms with Crippen molar-refractivity contribution >= 4 is 17.4 Å². The molecule has 0 aliphatic rings. The normalized spacial score (nSPS) is 9.23. The molecule has 0 aromatic carbocycles. The lowest BCUT2D eigenvalue weighted by molar-refractivity contribution is 0.0954. The van der Waals surface area contributed by atoms with Crippen molar-refractivity contribution in [3.8, 4) is 6.07 Å². The number of aromatic nitrogens is 1. The zero-order chi connectivity index (χ0) is 9.68. The number of hydrogen-bond donors (Lipinski definition) is 1. The van der Waals surface area contributed by atoms with Gasteiger partial charge >= 0.3 is 0 Å². The molecule has 68 valence electrons. The second-order valence-corrected chi connectivity index (χ2v) is 3.11. The second-order valence-electron chi connectivity index (χ2n) is 2.48. The molecule has 1 N–H and O–H groups in total. The Bertz CT molecular complexity index is 339. The van der Waals surface area contributed by atoms with E-state index in [-0.39, 0.29) is 5.91 Å². The van der Waals surface area contributed by atoms with Crippen LogP contribution in [-0.4, -0.2) is 16.8 Å². The van der Waals surface area contributed by atoms with E-state index >= 15 is 0 Å². The number of aryl methyl sites for hydroxylation is 1. The molecule has 13 heavy (non-hydrogen) atoms. The van der Waals surface area contributed by atoms with Gasteiger partial charge in [0, 0.05) is 11.9 Å². The first-order chi connectivity index (χ1) is 6.25. The average Bonchev–Trinajstić information content (AvgIpc) is 2.52. The molecule has 1 heterocycles. The van der Waals surface area contributed by atoms with Crippen LogP contribution in [0.4, 0.5) is 0 Å². The summed E-state index contributed by atoms with van der Waals surface area (Å²) in [6.45, 7) is 2.18. The van der Waals surface area contributed by atoms with Crippen LogP contribution < -0.4 is 5.32 Å². The van der Waals surface area contributed by atoms with Gasteiger partial charge in [-0.2, -0.15) is 9.64 Å². The molecule has 0 radical (unpaired) electrons. The van der Waals surface area contributed by atoms with Crippen LogP contribution in [0.1, 0.15) is 22.5 Å². The summed E-state index contributed by atoms with van der Waals surface area (Å²) < 4.78 is 3.98. The number of nitriles is 1. The molecule has 0 aliphatic carbocycles. The van der Waals surface area contributed by atoms with Gasteiger partial charge in [-0.25, -0.2) is 0 Å². The van der Waals surface area contributed by atoms with Gasteiger partial charge in [0.25, 0.3) is 5.91 Å². The molecule has 1 rings (SSSR count). The summed E-state index contributed by atoms with van der Waals surface area (Å²) in [6.07, 6.45) is 0.336. The Morgan fingerprint density at radius 1 is 1.85 bits per heavy atom. The van der Waals surface area contributed by atoms with Crippen molar-refractivity contribution in [2.24, 2.45) is 0 Å². The number of nitrogens with zero attached hydrogens (tertiary/aromatic N) is 2. The van der Waals surface area contributed by atoms with Crippen LogP contribution in [0.15, 0.2) is 5.38 Å². The summed E-state index contributed by atoms with van der Waals surface area (Å²) >= 11 is 1.26. The largest absolute Gasteiger partial charge is 0.351 e. The van der Waals surface area contributed by atoms with Gasteiger partial charge in [-0.3, -0.25) is 4.79 Å². The minimum Gasteiger partial charge on any atom is -0.351 e. The van der Waals surface area contributed by atoms with Gasteiger partial charge in [-0.05, 0) is 18.5 Å². The van der Waals surface area contributed by atoms with Crippen molar-refractivity contribution < 1.29 is 4.79 Å². The van der Waals surface area contributed by atoms with Gasteiger partial charge in [0.15, 0.2) is 0 Å². The molecular formula is C8H9N3OS. The van der Waals surface area contributed by atoms with Crippen molar-refractivity contribution in [3.05, 3.63) is 16.6 Å². The number of carbonyl (C=O) groups excluding carboxylic acids is 1. The molecule has 0 saturated carbocycles. The molecule has 1 amide bonds. The Labute approximate surface area is 80.4 Å². The minimum absolute atomic E-state index is 0.151. The smallest absolute Gasteiger partial charge is 0.254 e. The summed E-state index contributed by atoms with van der Waals surface area (Å²) in [5.74, 6) is -0.151. The first-order valence-electron chi connectivity index (χ1n) is 3.82. The topological polar surface area (TPSA) is 65.8 Å². The fraction of sp³-hybridized carbons (Fsp3) is 0.375. The van der Waals surface area contributed by atoms with Gasteiger partial charge in [0.2, 0.25) is 0 Å². The van der Waals surface area contributed by atoms with E-state index in [1.54, 1.807) is 12.3 Å². The molecule has 4 nitrogen and oxygen atoms in total. The Hall–Kier alpha value is -1.41. The molecule has 0 bridgehead atoms. The van der Waals surface area contributed by atoms with Crippen LogP contribution in [-0.2, 0) is 0 Å². The van der Waals surface area contributed by atoms with Crippen LogP contribution in [0, 0.1) is 18.3 Å². The van der Waals surface area contributed by atoms with Crippen LogP contribution in [0.2, 0.25) is 0 Å². The zero-order valence-corrected chi connectivity index (χ0v) is 8.02. The molecule has 5 heteroatoms. The maximum Gasteiger partial charge on any atom is 0.254 e. The van der Waals surface area contributed by atoms with E-state index in [2.05, 4.69) is 9.69 Å². The SMILES string of the molecule is Cc1nscc1C(=O)NCCC#N. The highest BCUT2D eigenvalue weighted by Gasteiger charge is 2.09. The third kappa shape index (κ3) is 2.53. The van der Waals surface area contributed by atoms with E-state index in [0.717, 1.165) is 5.69 Å². The Morgan fingerprint density at radius 2 is 2.62 bits per heavy atom. The summed E-state index contributed by atoms with van der Waals surface area (Å²) in [4.78, 5) is 11.3. The fourth-order valence-electron chi connectivity index (χ4n) is 0.838. The number of hydrogen-bond acceptors (Lipinski definition) is 4. The maximum atomic E-state index is 11.3. The highest BCUT2D eigenvalue weighted by molar-refractivity contribution is 7.03. The summed E-state index contributed by atoms with van der Waals surface area (Å²) in [6, 6.07) is 1.96. The Balaban J connectivity index is 2.50. The standard InChI is InChI=1S/C8H9N3OS/c1-6-7(5-13-11-6)8(12)10-4-2-3-9/h5H,2,4H2,1H3,(H,10,12). The Morgan fingerprint density at radius 3 is 3.15 bits per heavy atom. The molecule has 0 aliphatic heterocycles. The van der Waals surface area contributed by atoms with E-state index in [1.165, 1.54) is 11.5 Å². The quantitative estimate of drug-likeness (QED) is 0.734. The van der Waals surface area contributed by atoms with Crippen LogP contribution >= 0.6 is 11.5 Å². The maximum absolute atomic E-state index is 11.3. The van der Waals surface area contributed by atoms with E-state index in [4.69, 9.17) is 5.26 Å². The molecule has 0 saturated heterocycles. The van der Waals surface area contributed by atoms with E-state index in [9.17, 15) is 4.79 Å². The fourth-order valence-corrected chi connectivity index (χ4v) is 1.53. The first kappa shape index (κ1) is 9.68. The average molecular weight is 195 g/mol. The lowest BCUT2D eigenvalue weighted by Crippen LogP contribution is -2.24. The van der Waals surface area contributed by atoms with Gasteiger partial charge in [0.05, 0.1) is 23.7 Å². The second kappa shape index (κ2) is 4.58. The third-order valence-corrected chi connectivity index (χ3v) is 2.24. The van der Waals surface area contributed by atoms with Gasteiger partial charge in [-0.1, -0.05) is 0 Å². The lowest BCUT2D eigenvalue weighted by Gasteiger charge is -1.99. The van der Waals surface area contributed by atoms with Crippen molar-refractivity contribution in [2.75, 3.05) is 6.54 Å². The van der Waals surface area contributed by atoms with Crippen molar-refractivity contribution in [3.63, 3.8) is 0 Å². The molecule has 0 spiro atoms. The number of nitrogens with one attached hydrogen (secondary N) is 1. The van der Waals surface area contributed by atoms with E-state index in [0.29, 0.717) is 18.5 Å². The molecular weight excluding hydrogens is 186 g/mol. The highest BCUT2D eigenvalue weighted by atomic mass is 32.1. The lowest BCUT2D eigenvalue weighted by atomic mass is 10.2. The molecule has 1 aromatic rings. The van der Waals surface area contributed by atoms with E-state index < -0.39 is 0 Å². The zero-order valence-electron chi connectivity index (χ0n) is 7.20. The van der Waals surface area contributed by atoms with Gasteiger partial charge in [-0.15, -0.1) is 0 Å². The Kier molecular flexibility index (Phi) is 3.41. The monoisotopic (exact) mass is 195 g/mol. The highest BCUT2D eigenvalue weighted by Crippen LogP contribution is 2.08. The predicted octanol–water partition coefficient (Wildman–Crippen LogP) is 1.09. The number of carbonyl (C=O) groups is 1. The third-order valence-electron chi connectivity index (χ3n) is 1.52. The first-order valence-corrected chi connectivity index (χ1v) is 4.65. The van der Waals surface area contributed by atoms with Gasteiger partial charge in [0.1, 0.15) is 0 Å².